The van der Waals surface area contributed by atoms with Gasteiger partial charge in [0.2, 0.25) is 0 Å². The van der Waals surface area contributed by atoms with Crippen LogP contribution in [0.15, 0.2) is 437 Å². The molecule has 688 valence electrons. The van der Waals surface area contributed by atoms with E-state index in [1.165, 1.54) is 267 Å². The fraction of sp³-hybridized carbons (Fsp3) is 0.143. The second-order valence-electron chi connectivity index (χ2n) is 39.3. The van der Waals surface area contributed by atoms with Gasteiger partial charge in [-0.2, -0.15) is 0 Å². The van der Waals surface area contributed by atoms with Crippen LogP contribution in [0.4, 0.5) is 0 Å². The van der Waals surface area contributed by atoms with E-state index >= 15 is 0 Å². The Hall–Kier alpha value is -15.6. The number of aryl methyl sites for hydroxylation is 16. The first-order valence-corrected chi connectivity index (χ1v) is 49.6. The van der Waals surface area contributed by atoms with E-state index in [1.807, 2.05) is 0 Å². The number of hydrogen-bond acceptors (Lipinski definition) is 0. The van der Waals surface area contributed by atoms with Crippen LogP contribution in [0.5, 0.6) is 0 Å². The molecule has 0 amide bonds. The summed E-state index contributed by atoms with van der Waals surface area (Å²) in [5.41, 5.74) is 64.8. The Bertz CT molecular complexity index is 7340. The topological polar surface area (TPSA) is 0 Å². The lowest BCUT2D eigenvalue weighted by molar-refractivity contribution is 1.24. The lowest BCUT2D eigenvalue weighted by Crippen LogP contribution is -1.83. The van der Waals surface area contributed by atoms with Crippen LogP contribution in [0, 0.1) is 111 Å². The van der Waals surface area contributed by atoms with Gasteiger partial charge in [0.05, 0.1) is 0 Å². The molecule has 0 heteroatoms. The van der Waals surface area contributed by atoms with E-state index in [9.17, 15) is 0 Å². The van der Waals surface area contributed by atoms with Crippen LogP contribution in [0.1, 0.15) is 134 Å². The van der Waals surface area contributed by atoms with Gasteiger partial charge in [0.1, 0.15) is 0 Å². The summed E-state index contributed by atoms with van der Waals surface area (Å²) < 4.78 is 0. The van der Waals surface area contributed by atoms with Gasteiger partial charge in [-0.3, -0.25) is 0 Å². The maximum Gasteiger partial charge on any atom is -0.00133 e. The van der Waals surface area contributed by atoms with Gasteiger partial charge in [-0.1, -0.05) is 502 Å². The van der Waals surface area contributed by atoms with Crippen LogP contribution in [0.2, 0.25) is 0 Å². The Morgan fingerprint density at radius 3 is 0.450 bits per heavy atom. The number of benzene rings is 20. The minimum atomic E-state index is 1.10. The molecule has 20 aromatic carbocycles. The minimum Gasteiger partial charge on any atom is -0.0614 e. The molecular formula is C140H128. The Morgan fingerprint density at radius 2 is 0.236 bits per heavy atom. The van der Waals surface area contributed by atoms with Crippen molar-refractivity contribution >= 4 is 0 Å². The predicted molar refractivity (Wildman–Crippen MR) is 604 cm³/mol. The van der Waals surface area contributed by atoms with Crippen LogP contribution in [0.25, 0.3) is 134 Å². The van der Waals surface area contributed by atoms with Crippen LogP contribution in [0.3, 0.4) is 0 Å². The molecule has 0 saturated heterocycles. The zero-order chi connectivity index (χ0) is 97.5. The van der Waals surface area contributed by atoms with Gasteiger partial charge in [-0.15, -0.1) is 0 Å². The maximum atomic E-state index is 2.31. The molecule has 0 saturated carbocycles. The molecule has 4 aliphatic rings. The van der Waals surface area contributed by atoms with Crippen molar-refractivity contribution in [1.82, 2.24) is 0 Å². The molecule has 4 aliphatic carbocycles. The van der Waals surface area contributed by atoms with Gasteiger partial charge in [0, 0.05) is 0 Å². The average molecular weight is 1810 g/mol. The van der Waals surface area contributed by atoms with Crippen molar-refractivity contribution in [2.75, 3.05) is 0 Å². The highest BCUT2D eigenvalue weighted by Crippen LogP contribution is 2.43. The van der Waals surface area contributed by atoms with Crippen LogP contribution in [-0.4, -0.2) is 0 Å². The first-order valence-electron chi connectivity index (χ1n) is 49.6. The maximum absolute atomic E-state index is 2.31. The van der Waals surface area contributed by atoms with Gasteiger partial charge in [0.15, 0.2) is 0 Å². The molecule has 0 aromatic heterocycles. The first kappa shape index (κ1) is 96.1. The Balaban J connectivity index is 0.000000111. The Labute approximate surface area is 834 Å². The van der Waals surface area contributed by atoms with Gasteiger partial charge >= 0.3 is 0 Å². The molecule has 20 aromatic rings. The van der Waals surface area contributed by atoms with E-state index in [-0.39, 0.29) is 0 Å². The van der Waals surface area contributed by atoms with Crippen molar-refractivity contribution in [3.05, 3.63) is 570 Å². The number of rotatable bonds is 8. The molecule has 0 spiro atoms. The highest BCUT2D eigenvalue weighted by Gasteiger charge is 2.23. The van der Waals surface area contributed by atoms with Crippen LogP contribution < -0.4 is 0 Å². The van der Waals surface area contributed by atoms with Gasteiger partial charge < -0.3 is 0 Å². The van der Waals surface area contributed by atoms with Gasteiger partial charge in [0.25, 0.3) is 0 Å². The second kappa shape index (κ2) is 44.3. The summed E-state index contributed by atoms with van der Waals surface area (Å²) >= 11 is 0. The molecule has 140 heavy (non-hydrogen) atoms. The summed E-state index contributed by atoms with van der Waals surface area (Å²) in [7, 11) is 0. The molecule has 0 N–H and O–H groups in total. The fourth-order valence-corrected chi connectivity index (χ4v) is 19.5. The summed E-state index contributed by atoms with van der Waals surface area (Å²) in [5.74, 6) is 0. The van der Waals surface area contributed by atoms with E-state index < -0.39 is 0 Å². The molecule has 0 fully saturated rings. The molecule has 0 atom stereocenters. The molecule has 24 rings (SSSR count). The third kappa shape index (κ3) is 24.3. The van der Waals surface area contributed by atoms with Crippen LogP contribution in [-0.2, 0) is 25.7 Å². The summed E-state index contributed by atoms with van der Waals surface area (Å²) in [5, 5.41) is 0. The smallest absolute Gasteiger partial charge is 0.00133 e. The molecule has 0 radical (unpaired) electrons. The van der Waals surface area contributed by atoms with Crippen molar-refractivity contribution in [2.24, 2.45) is 0 Å². The Kier molecular flexibility index (Phi) is 30.4. The molecular weight excluding hydrogens is 1680 g/mol. The van der Waals surface area contributed by atoms with Crippen molar-refractivity contribution < 1.29 is 0 Å². The molecule has 0 heterocycles. The fourth-order valence-electron chi connectivity index (χ4n) is 19.5. The molecule has 0 nitrogen and oxygen atoms in total. The largest absolute Gasteiger partial charge is 0.0614 e. The van der Waals surface area contributed by atoms with Crippen molar-refractivity contribution in [3.63, 3.8) is 0 Å². The van der Waals surface area contributed by atoms with Gasteiger partial charge in [-0.05, 0) is 339 Å². The average Bonchev–Trinajstić information content (AvgIpc) is 1.64. The summed E-state index contributed by atoms with van der Waals surface area (Å²) in [6.07, 6.45) is 4.42. The van der Waals surface area contributed by atoms with Crippen LogP contribution >= 0.6 is 0 Å². The number of fused-ring (bicyclic) bond motifs is 12. The zero-order valence-electron chi connectivity index (χ0n) is 84.4. The lowest BCUT2D eigenvalue weighted by Gasteiger charge is -2.07. The summed E-state index contributed by atoms with van der Waals surface area (Å²) in [4.78, 5) is 0. The standard InChI is InChI=1S/4C20H18.4C15H14/c1-15-6-3-8-17(12-15)19-10-5-11-20(14-19)18-9-4-7-16(2)13-18;2*1-15-9-11-17(12-10-15)19-7-4-8-20(14-19)18-6-3-5-16(2)13-18;1-15-6-10-17(11-7-15)19-4-3-5-20(14-19)18-12-8-16(2)9-13-18;2*1-10-4-6-14-13(7-10)9-12-5-3-11(2)8-15(12)14;1-10-3-5-14-12(7-10)9-13-8-11(2)4-6-15(13)14;1-10-3-5-12-9-13-6-4-11(2)8-15(13)14(12)7-10/h4*3-14H,1-2H3;4*3-8H,9H2,1-2H3. The lowest BCUT2D eigenvalue weighted by atomic mass is 9.97. The van der Waals surface area contributed by atoms with E-state index in [0.717, 1.165) is 25.7 Å². The van der Waals surface area contributed by atoms with Crippen molar-refractivity contribution in [1.29, 1.82) is 0 Å². The minimum absolute atomic E-state index is 1.10. The highest BCUT2D eigenvalue weighted by molar-refractivity contribution is 5.84. The molecule has 0 aliphatic heterocycles. The SMILES string of the molecule is Cc1ccc(-c2cccc(-c3ccc(C)cc3)c2)cc1.Cc1ccc(-c2cccc(-c3cccc(C)c3)c2)cc1.Cc1ccc(-c2cccc(-c3cccc(C)c3)c2)cc1.Cc1ccc2c(c1)-c1cc(C)ccc1C2.Cc1ccc2c(c1)Cc1cc(C)ccc1-2.Cc1ccc2c(c1)Cc1ccc(C)cc1-2.Cc1ccc2c(c1)Cc1ccc(C)cc1-2.Cc1cccc(-c2cccc(-c3cccc(C)c3)c2)c1. The molecule has 0 bridgehead atoms. The van der Waals surface area contributed by atoms with E-state index in [4.69, 9.17) is 0 Å². The van der Waals surface area contributed by atoms with Crippen molar-refractivity contribution in [3.8, 4) is 134 Å². The van der Waals surface area contributed by atoms with Gasteiger partial charge in [-0.25, -0.2) is 0 Å². The van der Waals surface area contributed by atoms with E-state index in [1.54, 1.807) is 0 Å². The first-order chi connectivity index (χ1) is 67.8. The molecule has 0 unspecified atom stereocenters. The highest BCUT2D eigenvalue weighted by atomic mass is 14.3. The summed E-state index contributed by atoms with van der Waals surface area (Å²) in [6.45, 7) is 34.3. The third-order valence-electron chi connectivity index (χ3n) is 27.2. The quantitative estimate of drug-likeness (QED) is 0.142. The zero-order valence-corrected chi connectivity index (χ0v) is 84.4. The monoisotopic (exact) mass is 1810 g/mol. The van der Waals surface area contributed by atoms with E-state index in [0.29, 0.717) is 0 Å². The van der Waals surface area contributed by atoms with E-state index in [2.05, 4.69) is 548 Å². The summed E-state index contributed by atoms with van der Waals surface area (Å²) in [6, 6.07) is 158. The second-order valence-corrected chi connectivity index (χ2v) is 39.3. The van der Waals surface area contributed by atoms with Crippen molar-refractivity contribution in [2.45, 2.75) is 136 Å². The Morgan fingerprint density at radius 1 is 0.0929 bits per heavy atom. The normalized spacial score (nSPS) is 11.3. The number of hydrogen-bond donors (Lipinski definition) is 0. The predicted octanol–water partition coefficient (Wildman–Crippen LogP) is 38.0. The third-order valence-corrected chi connectivity index (χ3v) is 27.2.